The van der Waals surface area contributed by atoms with Crippen LogP contribution in [-0.4, -0.2) is 39.6 Å². The maximum atomic E-state index is 6.03. The van der Waals surface area contributed by atoms with E-state index in [4.69, 9.17) is 14.2 Å². The first kappa shape index (κ1) is 20.6. The molecule has 28 heavy (non-hydrogen) atoms. The van der Waals surface area contributed by atoms with Gasteiger partial charge in [-0.15, -0.1) is 0 Å². The molecule has 0 bridgehead atoms. The van der Waals surface area contributed by atoms with Crippen molar-refractivity contribution in [2.24, 2.45) is 0 Å². The first-order chi connectivity index (χ1) is 13.8. The summed E-state index contributed by atoms with van der Waals surface area (Å²) >= 11 is -2.66. The van der Waals surface area contributed by atoms with Crippen molar-refractivity contribution in [2.75, 3.05) is 19.8 Å². The van der Waals surface area contributed by atoms with Crippen molar-refractivity contribution in [3.8, 4) is 17.2 Å². The van der Waals surface area contributed by atoms with Crippen molar-refractivity contribution in [2.45, 2.75) is 20.8 Å². The molecule has 0 aromatic heterocycles. The molecule has 0 aliphatic rings. The molecule has 4 heteroatoms. The van der Waals surface area contributed by atoms with E-state index in [2.05, 4.69) is 54.6 Å². The minimum atomic E-state index is -2.66. The van der Waals surface area contributed by atoms with Gasteiger partial charge in [0.25, 0.3) is 0 Å². The van der Waals surface area contributed by atoms with Crippen LogP contribution in [0.2, 0.25) is 0 Å². The second kappa shape index (κ2) is 10.4. The minimum absolute atomic E-state index is 0.646. The molecule has 3 nitrogen and oxygen atoms in total. The van der Waals surface area contributed by atoms with Gasteiger partial charge in [-0.3, -0.25) is 0 Å². The summed E-state index contributed by atoms with van der Waals surface area (Å²) in [5.74, 6) is 2.91. The summed E-state index contributed by atoms with van der Waals surface area (Å²) in [6.45, 7) is 8.03. The summed E-state index contributed by atoms with van der Waals surface area (Å²) in [6, 6.07) is 25.3. The molecule has 3 rings (SSSR count). The SMILES string of the molecule is CCOc1cccc[c]1[Sn]([c]1ccccc1OCC)[c]1ccccc1OCC. The summed E-state index contributed by atoms with van der Waals surface area (Å²) in [5.41, 5.74) is 0. The van der Waals surface area contributed by atoms with E-state index in [1.165, 1.54) is 10.7 Å². The Bertz CT molecular complexity index is 777. The van der Waals surface area contributed by atoms with Crippen molar-refractivity contribution >= 4 is 30.5 Å². The third-order valence-corrected chi connectivity index (χ3v) is 12.5. The fourth-order valence-electron chi connectivity index (χ4n) is 3.30. The van der Waals surface area contributed by atoms with Crippen LogP contribution >= 0.6 is 0 Å². The number of ether oxygens (including phenoxy) is 3. The Kier molecular flexibility index (Phi) is 7.66. The molecule has 0 saturated carbocycles. The summed E-state index contributed by atoms with van der Waals surface area (Å²) in [6.07, 6.45) is 0. The summed E-state index contributed by atoms with van der Waals surface area (Å²) in [7, 11) is 0. The maximum absolute atomic E-state index is 6.03. The zero-order chi connectivity index (χ0) is 19.8. The Hall–Kier alpha value is -2.14. The van der Waals surface area contributed by atoms with Gasteiger partial charge in [0.15, 0.2) is 0 Å². The van der Waals surface area contributed by atoms with E-state index in [9.17, 15) is 0 Å². The van der Waals surface area contributed by atoms with Crippen molar-refractivity contribution in [1.82, 2.24) is 0 Å². The van der Waals surface area contributed by atoms with Crippen LogP contribution in [0.4, 0.5) is 0 Å². The fraction of sp³-hybridized carbons (Fsp3) is 0.250. The standard InChI is InChI=1S/3C8H9O.Sn/c3*1-2-9-8-6-4-3-5-7-8;/h3*3-6H,2H2,1H3;. The van der Waals surface area contributed by atoms with Crippen LogP contribution in [-0.2, 0) is 0 Å². The van der Waals surface area contributed by atoms with Crippen molar-refractivity contribution in [3.63, 3.8) is 0 Å². The number of hydrogen-bond acceptors (Lipinski definition) is 3. The monoisotopic (exact) mass is 483 g/mol. The third-order valence-electron chi connectivity index (χ3n) is 4.37. The molecule has 1 radical (unpaired) electrons. The molecular weight excluding hydrogens is 455 g/mol. The first-order valence-electron chi connectivity index (χ1n) is 9.83. The fourth-order valence-corrected chi connectivity index (χ4v) is 11.5. The van der Waals surface area contributed by atoms with Crippen LogP contribution in [0.25, 0.3) is 0 Å². The molecule has 0 saturated heterocycles. The average Bonchev–Trinajstić information content (AvgIpc) is 2.72. The van der Waals surface area contributed by atoms with E-state index >= 15 is 0 Å². The van der Waals surface area contributed by atoms with E-state index in [0.29, 0.717) is 19.8 Å². The van der Waals surface area contributed by atoms with Gasteiger partial charge in [-0.1, -0.05) is 0 Å². The van der Waals surface area contributed by atoms with E-state index in [0.717, 1.165) is 17.2 Å². The molecule has 0 unspecified atom stereocenters. The molecular formula is C24H27O3Sn. The van der Waals surface area contributed by atoms with Crippen LogP contribution in [0.15, 0.2) is 72.8 Å². The normalized spacial score (nSPS) is 10.7. The van der Waals surface area contributed by atoms with Crippen molar-refractivity contribution in [1.29, 1.82) is 0 Å². The Balaban J connectivity index is 2.25. The van der Waals surface area contributed by atoms with Crippen LogP contribution in [0, 0.1) is 0 Å². The first-order valence-corrected chi connectivity index (χ1v) is 14.1. The van der Waals surface area contributed by atoms with E-state index in [-0.39, 0.29) is 0 Å². The molecule has 0 fully saturated rings. The molecule has 3 aromatic rings. The predicted octanol–water partition coefficient (Wildman–Crippen LogP) is 3.40. The van der Waals surface area contributed by atoms with Crippen LogP contribution < -0.4 is 24.9 Å². The molecule has 3 aromatic carbocycles. The van der Waals surface area contributed by atoms with Gasteiger partial charge >= 0.3 is 175 Å². The molecule has 0 atom stereocenters. The number of benzene rings is 3. The Labute approximate surface area is 175 Å². The Morgan fingerprint density at radius 2 is 0.786 bits per heavy atom. The Morgan fingerprint density at radius 1 is 0.500 bits per heavy atom. The van der Waals surface area contributed by atoms with Crippen LogP contribution in [0.1, 0.15) is 20.8 Å². The van der Waals surface area contributed by atoms with Gasteiger partial charge in [-0.25, -0.2) is 0 Å². The van der Waals surface area contributed by atoms with Gasteiger partial charge in [-0.2, -0.15) is 0 Å². The molecule has 0 aliphatic heterocycles. The quantitative estimate of drug-likeness (QED) is 0.438. The van der Waals surface area contributed by atoms with Gasteiger partial charge in [0.1, 0.15) is 0 Å². The van der Waals surface area contributed by atoms with Gasteiger partial charge in [-0.05, 0) is 0 Å². The molecule has 0 heterocycles. The topological polar surface area (TPSA) is 27.7 Å². The molecule has 0 aliphatic carbocycles. The summed E-state index contributed by atoms with van der Waals surface area (Å²) in [4.78, 5) is 0. The number of rotatable bonds is 9. The zero-order valence-electron chi connectivity index (χ0n) is 16.8. The number of para-hydroxylation sites is 3. The van der Waals surface area contributed by atoms with Gasteiger partial charge in [0.05, 0.1) is 0 Å². The Morgan fingerprint density at radius 3 is 1.07 bits per heavy atom. The van der Waals surface area contributed by atoms with Gasteiger partial charge < -0.3 is 0 Å². The average molecular weight is 482 g/mol. The number of hydrogen-bond donors (Lipinski definition) is 0. The molecule has 0 N–H and O–H groups in total. The molecule has 0 amide bonds. The van der Waals surface area contributed by atoms with E-state index in [1.807, 2.05) is 39.0 Å². The van der Waals surface area contributed by atoms with E-state index < -0.39 is 19.8 Å². The van der Waals surface area contributed by atoms with Crippen molar-refractivity contribution < 1.29 is 14.2 Å². The molecule has 0 spiro atoms. The second-order valence-electron chi connectivity index (χ2n) is 6.16. The zero-order valence-corrected chi connectivity index (χ0v) is 19.6. The van der Waals surface area contributed by atoms with Gasteiger partial charge in [0, 0.05) is 0 Å². The third kappa shape index (κ3) is 4.64. The molecule has 145 valence electrons. The summed E-state index contributed by atoms with van der Waals surface area (Å²) < 4.78 is 22.0. The van der Waals surface area contributed by atoms with Crippen molar-refractivity contribution in [3.05, 3.63) is 72.8 Å². The second-order valence-corrected chi connectivity index (χ2v) is 12.9. The van der Waals surface area contributed by atoms with Crippen LogP contribution in [0.5, 0.6) is 17.2 Å². The van der Waals surface area contributed by atoms with E-state index in [1.54, 1.807) is 0 Å². The van der Waals surface area contributed by atoms with Crippen LogP contribution in [0.3, 0.4) is 0 Å². The summed E-state index contributed by atoms with van der Waals surface area (Å²) in [5, 5.41) is 0. The van der Waals surface area contributed by atoms with Gasteiger partial charge in [0.2, 0.25) is 0 Å². The predicted molar refractivity (Wildman–Crippen MR) is 117 cm³/mol.